The van der Waals surface area contributed by atoms with Crippen LogP contribution in [0.5, 0.6) is 0 Å². The molecule has 0 aliphatic heterocycles. The first kappa shape index (κ1) is 13.8. The van der Waals surface area contributed by atoms with Gasteiger partial charge >= 0.3 is 6.01 Å². The Hall–Kier alpha value is -1.84. The minimum atomic E-state index is 0.178. The van der Waals surface area contributed by atoms with Gasteiger partial charge in [-0.05, 0) is 30.2 Å². The molecule has 4 heteroatoms. The van der Waals surface area contributed by atoms with E-state index < -0.39 is 0 Å². The van der Waals surface area contributed by atoms with E-state index >= 15 is 0 Å². The summed E-state index contributed by atoms with van der Waals surface area (Å²) in [5.74, 6) is 1.32. The highest BCUT2D eigenvalue weighted by Crippen LogP contribution is 2.64. The molecule has 2 saturated carbocycles. The van der Waals surface area contributed by atoms with Crippen molar-refractivity contribution in [3.63, 3.8) is 0 Å². The highest BCUT2D eigenvalue weighted by atomic mass is 16.4. The van der Waals surface area contributed by atoms with Crippen molar-refractivity contribution in [2.75, 3.05) is 18.5 Å². The lowest BCUT2D eigenvalue weighted by atomic mass is 9.87. The summed E-state index contributed by atoms with van der Waals surface area (Å²) in [5, 5.41) is 8.44. The number of nitrogens with zero attached hydrogens (tertiary/aromatic N) is 3. The van der Waals surface area contributed by atoms with E-state index in [1.165, 1.54) is 24.8 Å². The molecule has 2 fully saturated rings. The second kappa shape index (κ2) is 4.58. The minimum absolute atomic E-state index is 0.178. The Morgan fingerprint density at radius 3 is 2.45 bits per heavy atom. The molecule has 1 aromatic heterocycles. The smallest absolute Gasteiger partial charge is 0.317 e. The maximum atomic E-state index is 5.85. The zero-order valence-electron chi connectivity index (χ0n) is 13.5. The quantitative estimate of drug-likeness (QED) is 0.843. The molecule has 4 rings (SSSR count). The maximum absolute atomic E-state index is 5.85. The van der Waals surface area contributed by atoms with Crippen LogP contribution in [-0.4, -0.2) is 23.8 Å². The average molecular weight is 297 g/mol. The third-order valence-corrected chi connectivity index (χ3v) is 5.43. The molecular weight excluding hydrogens is 274 g/mol. The van der Waals surface area contributed by atoms with E-state index in [1.807, 2.05) is 0 Å². The summed E-state index contributed by atoms with van der Waals surface area (Å²) in [4.78, 5) is 2.13. The molecule has 22 heavy (non-hydrogen) atoms. The molecule has 4 nitrogen and oxygen atoms in total. The molecule has 1 aromatic carbocycles. The SMILES string of the molecule is CN(C[C@]1(c2ccccc2)CC1(C)C)c1nnc(C2CC2)o1. The Labute approximate surface area is 131 Å². The van der Waals surface area contributed by atoms with Crippen molar-refractivity contribution in [1.82, 2.24) is 10.2 Å². The van der Waals surface area contributed by atoms with Crippen LogP contribution < -0.4 is 4.90 Å². The second-order valence-electron chi connectivity index (χ2n) is 7.56. The molecule has 116 valence electrons. The van der Waals surface area contributed by atoms with Crippen LogP contribution in [0.25, 0.3) is 0 Å². The number of hydrogen-bond acceptors (Lipinski definition) is 4. The standard InChI is InChI=1S/C18H23N3O/c1-17(2)11-18(17,14-7-5-4-6-8-14)12-21(3)16-20-19-15(22-16)13-9-10-13/h4-8,13H,9-12H2,1-3H3/t18-/m0/s1. The molecule has 2 aromatic rings. The van der Waals surface area contributed by atoms with Crippen LogP contribution in [0.3, 0.4) is 0 Å². The highest BCUT2D eigenvalue weighted by molar-refractivity contribution is 5.41. The Morgan fingerprint density at radius 2 is 1.86 bits per heavy atom. The summed E-state index contributed by atoms with van der Waals surface area (Å²) in [5.41, 5.74) is 1.90. The van der Waals surface area contributed by atoms with E-state index in [4.69, 9.17) is 4.42 Å². The summed E-state index contributed by atoms with van der Waals surface area (Å²) < 4.78 is 5.85. The first-order valence-electron chi connectivity index (χ1n) is 8.12. The molecule has 0 unspecified atom stereocenters. The van der Waals surface area contributed by atoms with E-state index in [2.05, 4.69) is 66.3 Å². The molecule has 0 spiro atoms. The first-order chi connectivity index (χ1) is 10.5. The fourth-order valence-corrected chi connectivity index (χ4v) is 3.67. The van der Waals surface area contributed by atoms with Crippen LogP contribution in [0.15, 0.2) is 34.7 Å². The van der Waals surface area contributed by atoms with Gasteiger partial charge in [0.2, 0.25) is 5.89 Å². The van der Waals surface area contributed by atoms with Gasteiger partial charge in [0.15, 0.2) is 0 Å². The lowest BCUT2D eigenvalue weighted by Crippen LogP contribution is -2.32. The topological polar surface area (TPSA) is 42.2 Å². The van der Waals surface area contributed by atoms with Crippen LogP contribution in [0, 0.1) is 5.41 Å². The lowest BCUT2D eigenvalue weighted by Gasteiger charge is -2.26. The number of likely N-dealkylation sites (N-methyl/N-ethyl adjacent to an activating group) is 1. The van der Waals surface area contributed by atoms with Gasteiger partial charge in [-0.2, -0.15) is 0 Å². The van der Waals surface area contributed by atoms with E-state index in [0.717, 1.165) is 12.4 Å². The molecule has 0 N–H and O–H groups in total. The van der Waals surface area contributed by atoms with Gasteiger partial charge in [-0.15, -0.1) is 5.10 Å². The maximum Gasteiger partial charge on any atom is 0.317 e. The van der Waals surface area contributed by atoms with Gasteiger partial charge in [0.25, 0.3) is 0 Å². The molecule has 0 saturated heterocycles. The normalized spacial score (nSPS) is 26.0. The van der Waals surface area contributed by atoms with Gasteiger partial charge in [-0.1, -0.05) is 49.3 Å². The minimum Gasteiger partial charge on any atom is -0.408 e. The Bertz CT molecular complexity index is 675. The van der Waals surface area contributed by atoms with Crippen molar-refractivity contribution in [1.29, 1.82) is 0 Å². The van der Waals surface area contributed by atoms with E-state index in [0.29, 0.717) is 17.3 Å². The third kappa shape index (κ3) is 2.13. The van der Waals surface area contributed by atoms with Gasteiger partial charge in [-0.3, -0.25) is 0 Å². The first-order valence-corrected chi connectivity index (χ1v) is 8.12. The highest BCUT2D eigenvalue weighted by Gasteiger charge is 2.62. The van der Waals surface area contributed by atoms with Crippen LogP contribution in [0.4, 0.5) is 6.01 Å². The Balaban J connectivity index is 1.57. The number of hydrogen-bond donors (Lipinski definition) is 0. The van der Waals surface area contributed by atoms with Crippen molar-refractivity contribution in [2.45, 2.75) is 44.4 Å². The molecule has 2 aliphatic rings. The molecule has 1 atom stereocenters. The predicted molar refractivity (Wildman–Crippen MR) is 86.1 cm³/mol. The largest absolute Gasteiger partial charge is 0.408 e. The zero-order valence-corrected chi connectivity index (χ0v) is 13.5. The fraction of sp³-hybridized carbons (Fsp3) is 0.556. The number of anilines is 1. The lowest BCUT2D eigenvalue weighted by molar-refractivity contribution is 0.457. The predicted octanol–water partition coefficient (Wildman–Crippen LogP) is 3.75. The van der Waals surface area contributed by atoms with Gasteiger partial charge in [0.05, 0.1) is 0 Å². The monoisotopic (exact) mass is 297 g/mol. The van der Waals surface area contributed by atoms with Crippen molar-refractivity contribution in [2.24, 2.45) is 5.41 Å². The van der Waals surface area contributed by atoms with E-state index in [-0.39, 0.29) is 5.41 Å². The third-order valence-electron chi connectivity index (χ3n) is 5.43. The Kier molecular flexibility index (Phi) is 2.87. The summed E-state index contributed by atoms with van der Waals surface area (Å²) in [6.07, 6.45) is 3.57. The number of benzene rings is 1. The van der Waals surface area contributed by atoms with Gasteiger partial charge in [0.1, 0.15) is 0 Å². The van der Waals surface area contributed by atoms with Crippen molar-refractivity contribution in [3.8, 4) is 0 Å². The zero-order chi connectivity index (χ0) is 15.4. The van der Waals surface area contributed by atoms with Gasteiger partial charge in [-0.25, -0.2) is 0 Å². The molecule has 1 heterocycles. The summed E-state index contributed by atoms with van der Waals surface area (Å²) in [7, 11) is 2.06. The van der Waals surface area contributed by atoms with Crippen LogP contribution in [-0.2, 0) is 5.41 Å². The number of rotatable bonds is 5. The van der Waals surface area contributed by atoms with Crippen molar-refractivity contribution < 1.29 is 4.42 Å². The fourth-order valence-electron chi connectivity index (χ4n) is 3.67. The molecular formula is C18H23N3O. The molecule has 0 bridgehead atoms. The van der Waals surface area contributed by atoms with Crippen molar-refractivity contribution in [3.05, 3.63) is 41.8 Å². The van der Waals surface area contributed by atoms with Gasteiger partial charge in [0, 0.05) is 24.9 Å². The van der Waals surface area contributed by atoms with Crippen LogP contribution in [0.1, 0.15) is 50.5 Å². The second-order valence-corrected chi connectivity index (χ2v) is 7.56. The van der Waals surface area contributed by atoms with E-state index in [9.17, 15) is 0 Å². The van der Waals surface area contributed by atoms with Crippen LogP contribution in [0.2, 0.25) is 0 Å². The number of aromatic nitrogens is 2. The molecule has 2 aliphatic carbocycles. The van der Waals surface area contributed by atoms with E-state index in [1.54, 1.807) is 0 Å². The average Bonchev–Trinajstić information content (AvgIpc) is 3.37. The van der Waals surface area contributed by atoms with Gasteiger partial charge < -0.3 is 9.32 Å². The molecule has 0 radical (unpaired) electrons. The van der Waals surface area contributed by atoms with Crippen molar-refractivity contribution >= 4 is 6.01 Å². The summed E-state index contributed by atoms with van der Waals surface area (Å²) in [6.45, 7) is 5.60. The van der Waals surface area contributed by atoms with Crippen LogP contribution >= 0.6 is 0 Å². The summed E-state index contributed by atoms with van der Waals surface area (Å²) in [6, 6.07) is 11.5. The molecule has 0 amide bonds. The Morgan fingerprint density at radius 1 is 1.18 bits per heavy atom. The summed E-state index contributed by atoms with van der Waals surface area (Å²) >= 11 is 0.